The summed E-state index contributed by atoms with van der Waals surface area (Å²) in [5, 5.41) is 12.2. The monoisotopic (exact) mass is 978 g/mol. The summed E-state index contributed by atoms with van der Waals surface area (Å²) in [4.78, 5) is 54.0. The van der Waals surface area contributed by atoms with Gasteiger partial charge in [0.15, 0.2) is 5.78 Å². The number of carboxylic acids is 1. The van der Waals surface area contributed by atoms with Crippen molar-refractivity contribution >= 4 is 34.9 Å². The number of benzene rings is 6. The molecule has 0 radical (unpaired) electrons. The molecule has 10 nitrogen and oxygen atoms in total. The number of carbonyl (C=O) groups excluding carboxylic acids is 3. The van der Waals surface area contributed by atoms with Crippen molar-refractivity contribution in [3.05, 3.63) is 202 Å². The van der Waals surface area contributed by atoms with Crippen molar-refractivity contribution < 1.29 is 24.3 Å². The van der Waals surface area contributed by atoms with E-state index in [1.54, 1.807) is 12.1 Å². The molecule has 0 fully saturated rings. The quantitative estimate of drug-likeness (QED) is 0.0815. The summed E-state index contributed by atoms with van der Waals surface area (Å²) >= 11 is 0. The van der Waals surface area contributed by atoms with Crippen molar-refractivity contribution in [3.63, 3.8) is 0 Å². The van der Waals surface area contributed by atoms with Gasteiger partial charge >= 0.3 is 5.97 Å². The molecular formula is C63H71N5O5. The summed E-state index contributed by atoms with van der Waals surface area (Å²) in [7, 11) is 0. The molecule has 0 spiro atoms. The standard InChI is InChI=1S/C32H34N2O2.C18H17NO3.C7H8.C6H12N2/c1-2-32(36)34-21-18-29-22-28(13-14-30(29)34)26-9-11-27(12-10-26)31(35)15-8-24-16-19-33(20-17-24)23-25-6-4-3-5-7-25;1-2-17(20)19-10-9-15-11-14(7-8-16(15)19)12-3-5-13(6-4-12)18(21)22;1-7-5-3-2-4-6-7;7-5-6-1-3-8-4-2-6/h3-7,9-14,16,22H,2,8,15,17-21,23H2,1H3;3-8,11H,2,9-10H2,1H3,(H,21,22);2-6H,1H3;1,8H,2-5,7H2. The molecule has 0 atom stereocenters. The Morgan fingerprint density at radius 2 is 1.12 bits per heavy atom. The number of Topliss-reactive ketones (excluding diaryl/α,β-unsaturated/α-hetero) is 1. The number of hydrogen-bond acceptors (Lipinski definition) is 7. The Labute approximate surface area is 432 Å². The van der Waals surface area contributed by atoms with Crippen molar-refractivity contribution in [2.24, 2.45) is 5.73 Å². The highest BCUT2D eigenvalue weighted by atomic mass is 16.4. The average Bonchev–Trinajstić information content (AvgIpc) is 4.08. The lowest BCUT2D eigenvalue weighted by molar-refractivity contribution is -0.119. The molecule has 378 valence electrons. The molecule has 4 aliphatic rings. The third-order valence-corrected chi connectivity index (χ3v) is 13.8. The summed E-state index contributed by atoms with van der Waals surface area (Å²) < 4.78 is 0. The minimum absolute atomic E-state index is 0.150. The van der Waals surface area contributed by atoms with Crippen LogP contribution in [0.2, 0.25) is 0 Å². The number of aromatic carboxylic acids is 1. The number of nitrogens with one attached hydrogen (secondary N) is 1. The van der Waals surface area contributed by atoms with Crippen molar-refractivity contribution in [2.45, 2.75) is 78.7 Å². The van der Waals surface area contributed by atoms with Gasteiger partial charge < -0.3 is 26.0 Å². The minimum Gasteiger partial charge on any atom is -0.478 e. The summed E-state index contributed by atoms with van der Waals surface area (Å²) in [6.07, 6.45) is 10.9. The SMILES string of the molecule is CCC(=O)N1CCc2cc(-c3ccc(C(=O)CCC4=CCN(Cc5ccccc5)CC4)cc3)ccc21.CCC(=O)N1CCc2cc(-c3ccc(C(=O)O)cc3)ccc21.Cc1ccccc1.NCC1=CCNCC1. The van der Waals surface area contributed by atoms with Gasteiger partial charge in [-0.2, -0.15) is 0 Å². The Hall–Kier alpha value is -7.24. The van der Waals surface area contributed by atoms with Gasteiger partial charge in [0.2, 0.25) is 11.8 Å². The number of aryl methyl sites for hydroxylation is 1. The molecule has 6 aromatic rings. The molecule has 6 aromatic carbocycles. The fourth-order valence-electron chi connectivity index (χ4n) is 9.49. The summed E-state index contributed by atoms with van der Waals surface area (Å²) in [6.45, 7) is 13.2. The maximum atomic E-state index is 12.8. The molecule has 4 aliphatic heterocycles. The zero-order valence-electron chi connectivity index (χ0n) is 42.8. The molecule has 0 aliphatic carbocycles. The number of carbonyl (C=O) groups is 4. The van der Waals surface area contributed by atoms with E-state index < -0.39 is 5.97 Å². The zero-order chi connectivity index (χ0) is 51.5. The van der Waals surface area contributed by atoms with Gasteiger partial charge in [-0.25, -0.2) is 4.79 Å². The molecular weight excluding hydrogens is 907 g/mol. The lowest BCUT2D eigenvalue weighted by Gasteiger charge is -2.26. The van der Waals surface area contributed by atoms with Gasteiger partial charge in [-0.3, -0.25) is 19.3 Å². The van der Waals surface area contributed by atoms with Crippen LogP contribution in [-0.2, 0) is 29.0 Å². The van der Waals surface area contributed by atoms with Crippen molar-refractivity contribution in [2.75, 3.05) is 55.6 Å². The van der Waals surface area contributed by atoms with E-state index in [-0.39, 0.29) is 23.2 Å². The first-order chi connectivity index (χ1) is 35.5. The normalized spacial score (nSPS) is 14.6. The van der Waals surface area contributed by atoms with E-state index in [1.807, 2.05) is 90.4 Å². The minimum atomic E-state index is -0.922. The van der Waals surface area contributed by atoms with E-state index in [4.69, 9.17) is 10.8 Å². The first-order valence-electron chi connectivity index (χ1n) is 25.9. The Balaban J connectivity index is 0.000000176. The number of hydrogen-bond donors (Lipinski definition) is 3. The summed E-state index contributed by atoms with van der Waals surface area (Å²) in [5.41, 5.74) is 20.6. The molecule has 2 amide bonds. The second-order valence-corrected chi connectivity index (χ2v) is 18.9. The van der Waals surface area contributed by atoms with Gasteiger partial charge in [0, 0.05) is 82.0 Å². The number of nitrogens with two attached hydrogens (primary N) is 1. The lowest BCUT2D eigenvalue weighted by Crippen LogP contribution is -2.28. The van der Waals surface area contributed by atoms with Crippen LogP contribution in [0.15, 0.2) is 169 Å². The van der Waals surface area contributed by atoms with Gasteiger partial charge in [0.05, 0.1) is 5.56 Å². The molecule has 0 aromatic heterocycles. The molecule has 0 bridgehead atoms. The predicted molar refractivity (Wildman–Crippen MR) is 297 cm³/mol. The van der Waals surface area contributed by atoms with Gasteiger partial charge in [0.25, 0.3) is 0 Å². The highest BCUT2D eigenvalue weighted by Gasteiger charge is 2.25. The smallest absolute Gasteiger partial charge is 0.335 e. The topological polar surface area (TPSA) is 136 Å². The molecule has 0 saturated heterocycles. The highest BCUT2D eigenvalue weighted by molar-refractivity contribution is 5.98. The van der Waals surface area contributed by atoms with E-state index in [1.165, 1.54) is 33.4 Å². The van der Waals surface area contributed by atoms with Crippen LogP contribution in [-0.4, -0.2) is 79.4 Å². The zero-order valence-corrected chi connectivity index (χ0v) is 42.8. The van der Waals surface area contributed by atoms with Gasteiger partial charge in [-0.05, 0) is 121 Å². The number of rotatable bonds is 12. The van der Waals surface area contributed by atoms with Crippen molar-refractivity contribution in [1.82, 2.24) is 10.2 Å². The van der Waals surface area contributed by atoms with E-state index in [9.17, 15) is 19.2 Å². The molecule has 73 heavy (non-hydrogen) atoms. The molecule has 10 rings (SSSR count). The Bertz CT molecular complexity index is 2860. The van der Waals surface area contributed by atoms with E-state index in [2.05, 4.69) is 96.0 Å². The molecule has 0 saturated carbocycles. The Morgan fingerprint density at radius 1 is 0.589 bits per heavy atom. The van der Waals surface area contributed by atoms with Crippen LogP contribution < -0.4 is 20.9 Å². The number of ketones is 1. The van der Waals surface area contributed by atoms with Crippen LogP contribution in [0.25, 0.3) is 22.3 Å². The largest absolute Gasteiger partial charge is 0.478 e. The van der Waals surface area contributed by atoms with Gasteiger partial charge in [-0.1, -0.05) is 152 Å². The van der Waals surface area contributed by atoms with E-state index in [0.717, 1.165) is 124 Å². The fraction of sp³-hybridized carbons (Fsp3) is 0.302. The van der Waals surface area contributed by atoms with E-state index in [0.29, 0.717) is 19.3 Å². The highest BCUT2D eigenvalue weighted by Crippen LogP contribution is 2.34. The van der Waals surface area contributed by atoms with Crippen molar-refractivity contribution in [3.8, 4) is 22.3 Å². The second-order valence-electron chi connectivity index (χ2n) is 18.9. The lowest BCUT2D eigenvalue weighted by atomic mass is 9.96. The molecule has 0 unspecified atom stereocenters. The number of carboxylic acid groups (broad SMARTS) is 1. The second kappa shape index (κ2) is 27.0. The van der Waals surface area contributed by atoms with Gasteiger partial charge in [-0.15, -0.1) is 0 Å². The predicted octanol–water partition coefficient (Wildman–Crippen LogP) is 11.7. The third kappa shape index (κ3) is 15.1. The van der Waals surface area contributed by atoms with Crippen molar-refractivity contribution in [1.29, 1.82) is 0 Å². The number of anilines is 2. The fourth-order valence-corrected chi connectivity index (χ4v) is 9.49. The Kier molecular flexibility index (Phi) is 19.8. The number of amides is 2. The molecule has 4 N–H and O–H groups in total. The first-order valence-corrected chi connectivity index (χ1v) is 25.9. The van der Waals surface area contributed by atoms with Crippen LogP contribution in [0.3, 0.4) is 0 Å². The van der Waals surface area contributed by atoms with Crippen LogP contribution >= 0.6 is 0 Å². The summed E-state index contributed by atoms with van der Waals surface area (Å²) in [5.74, 6) is -0.388. The van der Waals surface area contributed by atoms with Crippen LogP contribution in [0.1, 0.15) is 95.3 Å². The molecule has 4 heterocycles. The average molecular weight is 978 g/mol. The Morgan fingerprint density at radius 3 is 1.56 bits per heavy atom. The van der Waals surface area contributed by atoms with E-state index >= 15 is 0 Å². The summed E-state index contributed by atoms with van der Waals surface area (Å²) in [6, 6.07) is 48.1. The third-order valence-electron chi connectivity index (χ3n) is 13.8. The van der Waals surface area contributed by atoms with Crippen LogP contribution in [0, 0.1) is 6.92 Å². The first kappa shape index (κ1) is 53.6. The van der Waals surface area contributed by atoms with Crippen LogP contribution in [0.4, 0.5) is 11.4 Å². The molecule has 10 heteroatoms. The van der Waals surface area contributed by atoms with Crippen LogP contribution in [0.5, 0.6) is 0 Å². The number of nitrogens with zero attached hydrogens (tertiary/aromatic N) is 3. The number of fused-ring (bicyclic) bond motifs is 2. The maximum Gasteiger partial charge on any atom is 0.335 e. The maximum absolute atomic E-state index is 12.8. The van der Waals surface area contributed by atoms with Gasteiger partial charge in [0.1, 0.15) is 0 Å².